The van der Waals surface area contributed by atoms with Gasteiger partial charge >= 0.3 is 41.8 Å². The molecule has 1 fully saturated rings. The van der Waals surface area contributed by atoms with Crippen LogP contribution in [0.4, 0.5) is 4.79 Å². The highest BCUT2D eigenvalue weighted by molar-refractivity contribution is 5.89. The van der Waals surface area contributed by atoms with Crippen LogP contribution in [0.25, 0.3) is 10.8 Å². The first kappa shape index (κ1) is 59.3. The molecular weight excluding hydrogens is 947 g/mol. The molecule has 0 unspecified atom stereocenters. The van der Waals surface area contributed by atoms with Crippen LogP contribution in [-0.2, 0) is 49.6 Å². The Morgan fingerprint density at radius 1 is 0.569 bits per heavy atom. The average molecular weight is 1020 g/mol. The van der Waals surface area contributed by atoms with Crippen molar-refractivity contribution in [3.8, 4) is 0 Å². The van der Waals surface area contributed by atoms with E-state index in [1.807, 2.05) is 42.5 Å². The summed E-state index contributed by atoms with van der Waals surface area (Å²) in [7, 11) is 0. The summed E-state index contributed by atoms with van der Waals surface area (Å²) in [5.74, 6) is -8.74. The second-order valence-corrected chi connectivity index (χ2v) is 17.7. The zero-order chi connectivity index (χ0) is 53.0. The van der Waals surface area contributed by atoms with Gasteiger partial charge in [-0.05, 0) is 73.6 Å². The van der Waals surface area contributed by atoms with Crippen LogP contribution in [0.1, 0.15) is 63.4 Å². The number of carboxylic acids is 6. The number of amides is 5. The number of aliphatic carboxylic acids is 6. The molecule has 0 spiro atoms. The second-order valence-electron chi connectivity index (χ2n) is 17.7. The van der Waals surface area contributed by atoms with Crippen LogP contribution >= 0.6 is 0 Å². The summed E-state index contributed by atoms with van der Waals surface area (Å²) in [6.07, 6.45) is 1.87. The van der Waals surface area contributed by atoms with Gasteiger partial charge in [-0.2, -0.15) is 0 Å². The zero-order valence-electron chi connectivity index (χ0n) is 40.1. The van der Waals surface area contributed by atoms with Gasteiger partial charge in [0.2, 0.25) is 17.7 Å². The lowest BCUT2D eigenvalue weighted by Crippen LogP contribution is -2.51. The van der Waals surface area contributed by atoms with Crippen molar-refractivity contribution in [3.05, 3.63) is 48.0 Å². The Balaban J connectivity index is 1.55. The van der Waals surface area contributed by atoms with Crippen molar-refractivity contribution >= 4 is 70.3 Å². The van der Waals surface area contributed by atoms with Crippen LogP contribution in [-0.4, -0.2) is 197 Å². The van der Waals surface area contributed by atoms with E-state index in [9.17, 15) is 63.3 Å². The zero-order valence-corrected chi connectivity index (χ0v) is 40.1. The molecule has 1 aliphatic rings. The summed E-state index contributed by atoms with van der Waals surface area (Å²) >= 11 is 0. The number of rotatable bonds is 36. The smallest absolute Gasteiger partial charge is 0.326 e. The summed E-state index contributed by atoms with van der Waals surface area (Å²) in [6.45, 7) is 0.986. The van der Waals surface area contributed by atoms with Crippen molar-refractivity contribution in [1.82, 2.24) is 47.0 Å². The van der Waals surface area contributed by atoms with Crippen LogP contribution in [0, 0.1) is 11.8 Å². The van der Waals surface area contributed by atoms with E-state index in [4.69, 9.17) is 15.3 Å². The third-order valence-corrected chi connectivity index (χ3v) is 12.0. The number of fused-ring (bicyclic) bond motifs is 1. The van der Waals surface area contributed by atoms with Crippen molar-refractivity contribution in [2.45, 2.75) is 82.3 Å². The molecule has 0 radical (unpaired) electrons. The molecule has 2 aromatic rings. The number of benzene rings is 2. The number of urea groups is 1. The topological polar surface area (TPSA) is 383 Å². The van der Waals surface area contributed by atoms with Crippen LogP contribution in [0.2, 0.25) is 0 Å². The van der Waals surface area contributed by atoms with E-state index in [0.717, 1.165) is 16.3 Å². The van der Waals surface area contributed by atoms with Gasteiger partial charge in [0, 0.05) is 71.1 Å². The fourth-order valence-corrected chi connectivity index (χ4v) is 8.07. The molecule has 3 rings (SSSR count). The van der Waals surface area contributed by atoms with Gasteiger partial charge in [0.15, 0.2) is 0 Å². The molecule has 25 nitrogen and oxygen atoms in total. The largest absolute Gasteiger partial charge is 0.481 e. The summed E-state index contributed by atoms with van der Waals surface area (Å²) in [5, 5.41) is 75.5. The third-order valence-electron chi connectivity index (χ3n) is 12.0. The maximum Gasteiger partial charge on any atom is 0.326 e. The minimum atomic E-state index is -1.55. The first-order chi connectivity index (χ1) is 34.3. The Labute approximate surface area is 415 Å². The van der Waals surface area contributed by atoms with E-state index in [1.54, 1.807) is 9.80 Å². The molecule has 13 N–H and O–H groups in total. The number of carbonyl (C=O) groups is 10. The molecule has 25 heteroatoms. The van der Waals surface area contributed by atoms with Gasteiger partial charge in [0.1, 0.15) is 18.1 Å². The molecule has 0 saturated heterocycles. The number of nitrogens with zero attached hydrogens (tertiary/aromatic N) is 2. The maximum atomic E-state index is 13.8. The summed E-state index contributed by atoms with van der Waals surface area (Å²) in [4.78, 5) is 124. The Morgan fingerprint density at radius 3 is 1.72 bits per heavy atom. The number of nitrogens with one attached hydrogen (secondary N) is 7. The van der Waals surface area contributed by atoms with E-state index in [0.29, 0.717) is 32.2 Å². The highest BCUT2D eigenvalue weighted by Crippen LogP contribution is 2.29. The molecule has 0 heterocycles. The predicted octanol–water partition coefficient (Wildman–Crippen LogP) is -0.816. The van der Waals surface area contributed by atoms with Crippen LogP contribution < -0.4 is 37.2 Å². The molecule has 0 aromatic heterocycles. The van der Waals surface area contributed by atoms with Crippen molar-refractivity contribution < 1.29 is 78.6 Å². The summed E-state index contributed by atoms with van der Waals surface area (Å²) in [5.41, 5.74) is 0.799. The quantitative estimate of drug-likeness (QED) is 0.0371. The average Bonchev–Trinajstić information content (AvgIpc) is 3.32. The van der Waals surface area contributed by atoms with Gasteiger partial charge in [-0.15, -0.1) is 0 Å². The lowest BCUT2D eigenvalue weighted by molar-refractivity contribution is -0.141. The minimum Gasteiger partial charge on any atom is -0.481 e. The minimum absolute atomic E-state index is 0.0560. The van der Waals surface area contributed by atoms with Crippen molar-refractivity contribution in [3.63, 3.8) is 0 Å². The van der Waals surface area contributed by atoms with Gasteiger partial charge < -0.3 is 67.9 Å². The maximum absolute atomic E-state index is 13.8. The normalized spacial score (nSPS) is 15.7. The first-order valence-corrected chi connectivity index (χ1v) is 23.9. The number of hydrogen-bond donors (Lipinski definition) is 13. The molecular formula is C47H69N9O16. The van der Waals surface area contributed by atoms with Gasteiger partial charge in [-0.3, -0.25) is 43.4 Å². The van der Waals surface area contributed by atoms with Gasteiger partial charge in [-0.1, -0.05) is 42.5 Å². The third kappa shape index (κ3) is 24.2. The SMILES string of the molecule is O=C(O)CC[C@H](NC(=O)N[C@@H](CCCCNC(=O)[C@H](Cc1ccc2ccccc2c1)NC(=O)[C@H]1CC[C@H](CNC(=O)CN(CCNCC(=O)O)CCN(CCNCC(=O)O)CC(=O)O)CC1)C(=O)O)C(=O)O. The van der Waals surface area contributed by atoms with Gasteiger partial charge in [0.05, 0.1) is 26.2 Å². The van der Waals surface area contributed by atoms with Crippen molar-refractivity contribution in [1.29, 1.82) is 0 Å². The molecule has 1 saturated carbocycles. The monoisotopic (exact) mass is 1020 g/mol. The number of carboxylic acid groups (broad SMARTS) is 6. The predicted molar refractivity (Wildman–Crippen MR) is 258 cm³/mol. The van der Waals surface area contributed by atoms with E-state index in [2.05, 4.69) is 37.2 Å². The molecule has 1 aliphatic carbocycles. The van der Waals surface area contributed by atoms with Gasteiger partial charge in [-0.25, -0.2) is 14.4 Å². The number of carbonyl (C=O) groups excluding carboxylic acids is 4. The lowest BCUT2D eigenvalue weighted by atomic mass is 9.81. The highest BCUT2D eigenvalue weighted by atomic mass is 16.4. The standard InChI is InChI=1S/C47H69N9O16/c57-38(28-55(19-17-48-26-40(60)61)21-22-56(29-42(64)65)20-18-49-27-41(62)63)51-25-30-8-12-33(13-9-30)43(66)52-37(24-31-10-11-32-5-1-2-6-34(32)23-31)44(67)50-16-4-3-7-35(45(68)69)53-47(72)54-36(46(70)71)14-15-39(58)59/h1-2,5-6,10-11,23,30,33,35-37,48-49H,3-4,7-9,12-22,24-29H2,(H,50,67)(H,51,57)(H,52,66)(H,58,59)(H,60,61)(H,62,63)(H,64,65)(H,68,69)(H,70,71)(H2,53,54,72)/t30-,33-,35-,36-,37-/m0/s1. The van der Waals surface area contributed by atoms with Gasteiger partial charge in [0.25, 0.3) is 0 Å². The fraction of sp³-hybridized carbons (Fsp3) is 0.574. The summed E-state index contributed by atoms with van der Waals surface area (Å²) in [6, 6.07) is 8.40. The second kappa shape index (κ2) is 32.1. The Kier molecular flexibility index (Phi) is 26.5. The van der Waals surface area contributed by atoms with E-state index < -0.39 is 84.6 Å². The number of hydrogen-bond acceptors (Lipinski definition) is 14. The van der Waals surface area contributed by atoms with Crippen LogP contribution in [0.15, 0.2) is 42.5 Å². The van der Waals surface area contributed by atoms with E-state index in [-0.39, 0.29) is 115 Å². The molecule has 5 amide bonds. The molecule has 0 aliphatic heterocycles. The lowest BCUT2D eigenvalue weighted by Gasteiger charge is -2.30. The Hall–Kier alpha value is -6.96. The molecule has 72 heavy (non-hydrogen) atoms. The van der Waals surface area contributed by atoms with E-state index >= 15 is 0 Å². The molecule has 2 aromatic carbocycles. The highest BCUT2D eigenvalue weighted by Gasteiger charge is 2.31. The molecule has 398 valence electrons. The number of unbranched alkanes of at least 4 members (excludes halogenated alkanes) is 1. The van der Waals surface area contributed by atoms with Crippen LogP contribution in [0.5, 0.6) is 0 Å². The Bertz CT molecular complexity index is 2150. The van der Waals surface area contributed by atoms with Crippen LogP contribution in [0.3, 0.4) is 0 Å². The summed E-state index contributed by atoms with van der Waals surface area (Å²) < 4.78 is 0. The molecule has 0 bridgehead atoms. The van der Waals surface area contributed by atoms with Crippen molar-refractivity contribution in [2.75, 3.05) is 78.5 Å². The first-order valence-electron chi connectivity index (χ1n) is 23.9. The molecule has 3 atom stereocenters. The Morgan fingerprint density at radius 2 is 1.15 bits per heavy atom. The van der Waals surface area contributed by atoms with Crippen molar-refractivity contribution in [2.24, 2.45) is 11.8 Å². The van der Waals surface area contributed by atoms with E-state index in [1.165, 1.54) is 0 Å². The fourth-order valence-electron chi connectivity index (χ4n) is 8.07.